The number of carboxylic acid groups (broad SMARTS) is 1. The van der Waals surface area contributed by atoms with Gasteiger partial charge in [0.1, 0.15) is 0 Å². The summed E-state index contributed by atoms with van der Waals surface area (Å²) in [7, 11) is 2.06. The maximum absolute atomic E-state index is 12.0. The van der Waals surface area contributed by atoms with Gasteiger partial charge in [-0.2, -0.15) is 0 Å². The van der Waals surface area contributed by atoms with Crippen LogP contribution in [-0.2, 0) is 6.54 Å². The number of fused-ring (bicyclic) bond motifs is 1. The summed E-state index contributed by atoms with van der Waals surface area (Å²) < 4.78 is 1.61. The summed E-state index contributed by atoms with van der Waals surface area (Å²) in [5, 5.41) is 9.14. The fourth-order valence-corrected chi connectivity index (χ4v) is 2.54. The fourth-order valence-electron chi connectivity index (χ4n) is 2.54. The Labute approximate surface area is 115 Å². The minimum Gasteiger partial charge on any atom is -0.478 e. The van der Waals surface area contributed by atoms with E-state index in [-0.39, 0.29) is 11.3 Å². The molecule has 0 bridgehead atoms. The molecule has 0 atom stereocenters. The normalized spacial score (nSPS) is 15.1. The average Bonchev–Trinajstić information content (AvgIpc) is 3.19. The van der Waals surface area contributed by atoms with Crippen LogP contribution in [0.5, 0.6) is 0 Å². The van der Waals surface area contributed by atoms with Gasteiger partial charge >= 0.3 is 11.7 Å². The molecule has 2 N–H and O–H groups in total. The number of rotatable bonds is 5. The molecule has 1 fully saturated rings. The summed E-state index contributed by atoms with van der Waals surface area (Å²) in [6, 6.07) is 5.59. The van der Waals surface area contributed by atoms with Crippen molar-refractivity contribution in [2.75, 3.05) is 13.6 Å². The maximum atomic E-state index is 12.0. The van der Waals surface area contributed by atoms with E-state index in [1.54, 1.807) is 16.7 Å². The van der Waals surface area contributed by atoms with Crippen molar-refractivity contribution in [1.82, 2.24) is 14.5 Å². The van der Waals surface area contributed by atoms with Gasteiger partial charge in [0.15, 0.2) is 0 Å². The van der Waals surface area contributed by atoms with Gasteiger partial charge in [0, 0.05) is 19.1 Å². The number of carboxylic acids is 1. The Morgan fingerprint density at radius 2 is 2.25 bits per heavy atom. The van der Waals surface area contributed by atoms with Crippen LogP contribution in [0.2, 0.25) is 0 Å². The number of H-pyrrole nitrogens is 1. The molecule has 20 heavy (non-hydrogen) atoms. The third-order valence-corrected chi connectivity index (χ3v) is 3.89. The molecule has 1 aliphatic carbocycles. The Hall–Kier alpha value is -2.08. The Balaban J connectivity index is 1.94. The van der Waals surface area contributed by atoms with Crippen molar-refractivity contribution < 1.29 is 9.90 Å². The molecule has 6 heteroatoms. The number of benzene rings is 1. The van der Waals surface area contributed by atoms with Crippen LogP contribution >= 0.6 is 0 Å². The topological polar surface area (TPSA) is 78.3 Å². The summed E-state index contributed by atoms with van der Waals surface area (Å²) >= 11 is 0. The van der Waals surface area contributed by atoms with Crippen molar-refractivity contribution in [2.24, 2.45) is 0 Å². The number of likely N-dealkylation sites (N-methyl/N-ethyl adjacent to an activating group) is 1. The molecule has 3 rings (SSSR count). The summed E-state index contributed by atoms with van der Waals surface area (Å²) in [6.45, 7) is 1.35. The van der Waals surface area contributed by atoms with Crippen LogP contribution in [0.4, 0.5) is 0 Å². The molecule has 1 aromatic heterocycles. The lowest BCUT2D eigenvalue weighted by Gasteiger charge is -2.15. The molecule has 106 valence electrons. The zero-order valence-corrected chi connectivity index (χ0v) is 11.3. The number of para-hydroxylation sites is 1. The number of imidazole rings is 1. The maximum Gasteiger partial charge on any atom is 0.337 e. The Morgan fingerprint density at radius 1 is 1.50 bits per heavy atom. The fraction of sp³-hybridized carbons (Fsp3) is 0.429. The molecule has 1 heterocycles. The number of nitrogens with zero attached hydrogens (tertiary/aromatic N) is 2. The van der Waals surface area contributed by atoms with Crippen molar-refractivity contribution in [3.05, 3.63) is 34.2 Å². The summed E-state index contributed by atoms with van der Waals surface area (Å²) in [5.41, 5.74) is 0.935. The molecule has 2 aromatic rings. The smallest absolute Gasteiger partial charge is 0.337 e. The van der Waals surface area contributed by atoms with Gasteiger partial charge in [-0.1, -0.05) is 6.07 Å². The lowest BCUT2D eigenvalue weighted by atomic mass is 10.2. The van der Waals surface area contributed by atoms with E-state index in [2.05, 4.69) is 16.9 Å². The highest BCUT2D eigenvalue weighted by atomic mass is 16.4. The summed E-state index contributed by atoms with van der Waals surface area (Å²) in [4.78, 5) is 28.1. The van der Waals surface area contributed by atoms with E-state index in [9.17, 15) is 9.59 Å². The van der Waals surface area contributed by atoms with Crippen molar-refractivity contribution in [3.63, 3.8) is 0 Å². The third kappa shape index (κ3) is 2.22. The highest BCUT2D eigenvalue weighted by Gasteiger charge is 2.25. The first-order valence-electron chi connectivity index (χ1n) is 6.73. The van der Waals surface area contributed by atoms with Gasteiger partial charge in [-0.3, -0.25) is 4.57 Å². The lowest BCUT2D eigenvalue weighted by molar-refractivity contribution is 0.0699. The van der Waals surface area contributed by atoms with Crippen molar-refractivity contribution >= 4 is 17.0 Å². The number of hydrogen-bond donors (Lipinski definition) is 2. The van der Waals surface area contributed by atoms with Crippen LogP contribution in [0.15, 0.2) is 23.0 Å². The molecular formula is C14H17N3O3. The van der Waals surface area contributed by atoms with Gasteiger partial charge in [0.2, 0.25) is 0 Å². The third-order valence-electron chi connectivity index (χ3n) is 3.89. The first-order valence-corrected chi connectivity index (χ1v) is 6.73. The SMILES string of the molecule is CN(CCn1c(=O)[nH]c2c(C(=O)O)cccc21)C1CC1. The molecule has 0 saturated heterocycles. The standard InChI is InChI=1S/C14H17N3O3/c1-16(9-5-6-9)7-8-17-11-4-2-3-10(13(18)19)12(11)15-14(17)20/h2-4,9H,5-8H2,1H3,(H,15,20)(H,18,19). The molecule has 6 nitrogen and oxygen atoms in total. The zero-order valence-electron chi connectivity index (χ0n) is 11.3. The number of carbonyl (C=O) groups is 1. The number of aromatic nitrogens is 2. The van der Waals surface area contributed by atoms with Gasteiger partial charge < -0.3 is 15.0 Å². The van der Waals surface area contributed by atoms with Gasteiger partial charge in [0.05, 0.1) is 16.6 Å². The molecular weight excluding hydrogens is 258 g/mol. The van der Waals surface area contributed by atoms with Gasteiger partial charge in [0.25, 0.3) is 0 Å². The van der Waals surface area contributed by atoms with Crippen LogP contribution in [0.1, 0.15) is 23.2 Å². The average molecular weight is 275 g/mol. The van der Waals surface area contributed by atoms with E-state index >= 15 is 0 Å². The monoisotopic (exact) mass is 275 g/mol. The molecule has 0 spiro atoms. The summed E-state index contributed by atoms with van der Waals surface area (Å²) in [6.07, 6.45) is 2.45. The Bertz CT molecular complexity index is 712. The van der Waals surface area contributed by atoms with Crippen molar-refractivity contribution in [1.29, 1.82) is 0 Å². The number of hydrogen-bond acceptors (Lipinski definition) is 3. The molecule has 0 amide bonds. The minimum atomic E-state index is -1.03. The van der Waals surface area contributed by atoms with Gasteiger partial charge in [-0.25, -0.2) is 9.59 Å². The highest BCUT2D eigenvalue weighted by Crippen LogP contribution is 2.25. The van der Waals surface area contributed by atoms with E-state index in [0.29, 0.717) is 23.6 Å². The highest BCUT2D eigenvalue weighted by molar-refractivity contribution is 6.00. The largest absolute Gasteiger partial charge is 0.478 e. The van der Waals surface area contributed by atoms with Gasteiger partial charge in [-0.15, -0.1) is 0 Å². The predicted molar refractivity (Wildman–Crippen MR) is 75.2 cm³/mol. The predicted octanol–water partition coefficient (Wildman–Crippen LogP) is 1.12. The Kier molecular flexibility index (Phi) is 3.10. The quantitative estimate of drug-likeness (QED) is 0.857. The Morgan fingerprint density at radius 3 is 2.90 bits per heavy atom. The number of aromatic carboxylic acids is 1. The van der Waals surface area contributed by atoms with Crippen molar-refractivity contribution in [2.45, 2.75) is 25.4 Å². The zero-order chi connectivity index (χ0) is 14.3. The van der Waals surface area contributed by atoms with E-state index in [4.69, 9.17) is 5.11 Å². The van der Waals surface area contributed by atoms with E-state index in [1.807, 2.05) is 0 Å². The molecule has 0 unspecified atom stereocenters. The van der Waals surface area contributed by atoms with Crippen LogP contribution in [-0.4, -0.2) is 45.2 Å². The second kappa shape index (κ2) is 4.79. The first kappa shape index (κ1) is 12.9. The van der Waals surface area contributed by atoms with Crippen LogP contribution in [0, 0.1) is 0 Å². The van der Waals surface area contributed by atoms with E-state index in [0.717, 1.165) is 6.54 Å². The molecule has 1 aliphatic rings. The van der Waals surface area contributed by atoms with Crippen LogP contribution in [0.25, 0.3) is 11.0 Å². The summed E-state index contributed by atoms with van der Waals surface area (Å²) in [5.74, 6) is -1.03. The number of aromatic amines is 1. The second-order valence-electron chi connectivity index (χ2n) is 5.30. The molecule has 1 aromatic carbocycles. The second-order valence-corrected chi connectivity index (χ2v) is 5.30. The first-order chi connectivity index (χ1) is 9.58. The van der Waals surface area contributed by atoms with Gasteiger partial charge in [-0.05, 0) is 32.0 Å². The molecule has 0 aliphatic heterocycles. The van der Waals surface area contributed by atoms with Crippen molar-refractivity contribution in [3.8, 4) is 0 Å². The molecule has 1 saturated carbocycles. The van der Waals surface area contributed by atoms with Crippen LogP contribution < -0.4 is 5.69 Å². The van der Waals surface area contributed by atoms with E-state index in [1.165, 1.54) is 18.9 Å². The minimum absolute atomic E-state index is 0.133. The number of nitrogens with one attached hydrogen (secondary N) is 1. The van der Waals surface area contributed by atoms with Crippen LogP contribution in [0.3, 0.4) is 0 Å². The lowest BCUT2D eigenvalue weighted by Crippen LogP contribution is -2.28. The molecule has 0 radical (unpaired) electrons. The van der Waals surface area contributed by atoms with E-state index < -0.39 is 5.97 Å².